The molecule has 1 aliphatic heterocycles. The van der Waals surface area contributed by atoms with Crippen molar-refractivity contribution in [2.45, 2.75) is 18.0 Å². The number of hydrogen-bond donors (Lipinski definition) is 0. The molecule has 1 aliphatic rings. The Bertz CT molecular complexity index is 708. The second kappa shape index (κ2) is 6.80. The van der Waals surface area contributed by atoms with E-state index in [0.717, 1.165) is 5.03 Å². The van der Waals surface area contributed by atoms with Crippen LogP contribution in [-0.4, -0.2) is 52.7 Å². The summed E-state index contributed by atoms with van der Waals surface area (Å²) in [5.41, 5.74) is 0.483. The van der Waals surface area contributed by atoms with Gasteiger partial charge in [0, 0.05) is 37.9 Å². The minimum Gasteiger partial charge on any atom is -0.452 e. The van der Waals surface area contributed by atoms with Gasteiger partial charge in [-0.2, -0.15) is 0 Å². The predicted molar refractivity (Wildman–Crippen MR) is 90.2 cm³/mol. The van der Waals surface area contributed by atoms with Gasteiger partial charge in [0.05, 0.1) is 5.56 Å². The highest BCUT2D eigenvalue weighted by atomic mass is 35.5. The van der Waals surface area contributed by atoms with Crippen LogP contribution in [0.3, 0.4) is 0 Å². The van der Waals surface area contributed by atoms with Crippen LogP contribution in [0.5, 0.6) is 0 Å². The monoisotopic (exact) mass is 352 g/mol. The Kier molecular flexibility index (Phi) is 4.77. The number of carbonyl (C=O) groups excluding carboxylic acids is 1. The zero-order chi connectivity index (χ0) is 16.4. The first-order valence-electron chi connectivity index (χ1n) is 7.25. The van der Waals surface area contributed by atoms with Crippen LogP contribution in [0, 0.1) is 0 Å². The van der Waals surface area contributed by atoms with Gasteiger partial charge in [-0.05, 0) is 30.8 Å². The lowest BCUT2D eigenvalue weighted by Gasteiger charge is -2.39. The lowest BCUT2D eigenvalue weighted by Crippen LogP contribution is -2.54. The fraction of sp³-hybridized carbons (Fsp3) is 0.400. The molecule has 0 N–H and O–H groups in total. The molecule has 1 saturated heterocycles. The Hall–Kier alpha value is -1.73. The van der Waals surface area contributed by atoms with E-state index in [-0.39, 0.29) is 17.2 Å². The van der Waals surface area contributed by atoms with Crippen LogP contribution < -0.4 is 4.90 Å². The van der Waals surface area contributed by atoms with Crippen molar-refractivity contribution < 1.29 is 9.21 Å². The first kappa shape index (κ1) is 16.1. The maximum absolute atomic E-state index is 12.5. The molecule has 2 aromatic heterocycles. The molecule has 0 bridgehead atoms. The Morgan fingerprint density at radius 2 is 2.30 bits per heavy atom. The van der Waals surface area contributed by atoms with E-state index < -0.39 is 0 Å². The van der Waals surface area contributed by atoms with E-state index in [1.54, 1.807) is 28.9 Å². The third-order valence-corrected chi connectivity index (χ3v) is 4.66. The molecule has 3 heterocycles. The molecular formula is C15H17ClN4O2S. The van der Waals surface area contributed by atoms with E-state index in [1.807, 2.05) is 12.3 Å². The third kappa shape index (κ3) is 3.45. The Morgan fingerprint density at radius 1 is 1.48 bits per heavy atom. The van der Waals surface area contributed by atoms with Crippen LogP contribution in [-0.2, 0) is 0 Å². The number of piperazine rings is 1. The number of anilines is 1. The molecule has 1 fully saturated rings. The summed E-state index contributed by atoms with van der Waals surface area (Å²) in [4.78, 5) is 25.3. The molecule has 2 aromatic rings. The lowest BCUT2D eigenvalue weighted by molar-refractivity contribution is 0.0725. The highest BCUT2D eigenvalue weighted by Gasteiger charge is 2.29. The molecule has 0 unspecified atom stereocenters. The third-order valence-electron chi connectivity index (χ3n) is 3.81. The van der Waals surface area contributed by atoms with Gasteiger partial charge in [-0.1, -0.05) is 0 Å². The van der Waals surface area contributed by atoms with E-state index in [2.05, 4.69) is 21.8 Å². The van der Waals surface area contributed by atoms with E-state index in [4.69, 9.17) is 16.0 Å². The maximum Gasteiger partial charge on any atom is 0.257 e. The van der Waals surface area contributed by atoms with E-state index in [1.165, 1.54) is 6.26 Å². The van der Waals surface area contributed by atoms with Crippen molar-refractivity contribution in [3.8, 4) is 0 Å². The molecule has 1 amide bonds. The van der Waals surface area contributed by atoms with Crippen LogP contribution in [0.2, 0.25) is 5.22 Å². The highest BCUT2D eigenvalue weighted by molar-refractivity contribution is 7.98. The van der Waals surface area contributed by atoms with Crippen LogP contribution in [0.25, 0.3) is 0 Å². The van der Waals surface area contributed by atoms with Gasteiger partial charge in [-0.15, -0.1) is 11.8 Å². The number of nitrogens with zero attached hydrogens (tertiary/aromatic N) is 4. The van der Waals surface area contributed by atoms with Crippen molar-refractivity contribution in [3.05, 3.63) is 35.4 Å². The van der Waals surface area contributed by atoms with E-state index >= 15 is 0 Å². The van der Waals surface area contributed by atoms with Gasteiger partial charge in [-0.25, -0.2) is 9.97 Å². The van der Waals surface area contributed by atoms with Crippen LogP contribution >= 0.6 is 23.4 Å². The first-order chi connectivity index (χ1) is 11.1. The van der Waals surface area contributed by atoms with Gasteiger partial charge in [0.25, 0.3) is 5.91 Å². The molecular weight excluding hydrogens is 336 g/mol. The number of carbonyl (C=O) groups is 1. The zero-order valence-electron chi connectivity index (χ0n) is 12.9. The quantitative estimate of drug-likeness (QED) is 0.625. The Labute approximate surface area is 143 Å². The molecule has 0 aliphatic carbocycles. The van der Waals surface area contributed by atoms with Gasteiger partial charge in [-0.3, -0.25) is 4.79 Å². The van der Waals surface area contributed by atoms with Crippen LogP contribution in [0.1, 0.15) is 17.3 Å². The van der Waals surface area contributed by atoms with Gasteiger partial charge >= 0.3 is 0 Å². The number of amides is 1. The summed E-state index contributed by atoms with van der Waals surface area (Å²) >= 11 is 7.33. The van der Waals surface area contributed by atoms with Gasteiger partial charge in [0.15, 0.2) is 5.22 Å². The normalized spacial score (nSPS) is 18.3. The summed E-state index contributed by atoms with van der Waals surface area (Å²) in [7, 11) is 0. The second-order valence-corrected chi connectivity index (χ2v) is 6.53. The summed E-state index contributed by atoms with van der Waals surface area (Å²) in [6.07, 6.45) is 5.15. The molecule has 122 valence electrons. The number of furan rings is 1. The number of hydrogen-bond acceptors (Lipinski definition) is 6. The Balaban J connectivity index is 1.70. The van der Waals surface area contributed by atoms with Crippen molar-refractivity contribution in [3.63, 3.8) is 0 Å². The van der Waals surface area contributed by atoms with Crippen molar-refractivity contribution in [1.29, 1.82) is 0 Å². The molecule has 0 aromatic carbocycles. The minimum atomic E-state index is -0.0640. The van der Waals surface area contributed by atoms with E-state index in [0.29, 0.717) is 31.1 Å². The van der Waals surface area contributed by atoms with Crippen LogP contribution in [0.15, 0.2) is 34.0 Å². The molecule has 23 heavy (non-hydrogen) atoms. The lowest BCUT2D eigenvalue weighted by atomic mass is 10.1. The van der Waals surface area contributed by atoms with Crippen molar-refractivity contribution in [2.75, 3.05) is 30.8 Å². The summed E-state index contributed by atoms with van der Waals surface area (Å²) in [6.45, 7) is 3.97. The Morgan fingerprint density at radius 3 is 2.96 bits per heavy atom. The molecule has 6 nitrogen and oxygen atoms in total. The highest BCUT2D eigenvalue weighted by Crippen LogP contribution is 2.21. The number of halogens is 1. The van der Waals surface area contributed by atoms with Crippen molar-refractivity contribution >= 4 is 35.2 Å². The largest absolute Gasteiger partial charge is 0.452 e. The fourth-order valence-corrected chi connectivity index (χ4v) is 3.16. The molecule has 8 heteroatoms. The van der Waals surface area contributed by atoms with Crippen molar-refractivity contribution in [1.82, 2.24) is 14.9 Å². The van der Waals surface area contributed by atoms with Crippen LogP contribution in [0.4, 0.5) is 5.95 Å². The average molecular weight is 353 g/mol. The summed E-state index contributed by atoms with van der Waals surface area (Å²) < 4.78 is 5.00. The SMILES string of the molecule is CSc1ccnc(N2CCN(C(=O)c3coc(Cl)c3)C[C@@H]2C)n1. The van der Waals surface area contributed by atoms with Gasteiger partial charge < -0.3 is 14.2 Å². The number of rotatable bonds is 3. The minimum absolute atomic E-state index is 0.0640. The molecule has 0 saturated carbocycles. The number of thioether (sulfide) groups is 1. The number of aromatic nitrogens is 2. The standard InChI is InChI=1S/C15H17ClN4O2S/c1-10-8-19(14(21)11-7-12(16)22-9-11)5-6-20(10)15-17-4-3-13(18-15)23-2/h3-4,7,9-10H,5-6,8H2,1-2H3/t10-/m0/s1. The molecule has 3 rings (SSSR count). The summed E-state index contributed by atoms with van der Waals surface area (Å²) in [6, 6.07) is 3.57. The van der Waals surface area contributed by atoms with Crippen molar-refractivity contribution in [2.24, 2.45) is 0 Å². The smallest absolute Gasteiger partial charge is 0.257 e. The van der Waals surface area contributed by atoms with Gasteiger partial charge in [0.1, 0.15) is 11.3 Å². The fourth-order valence-electron chi connectivity index (χ4n) is 2.63. The second-order valence-electron chi connectivity index (χ2n) is 5.33. The zero-order valence-corrected chi connectivity index (χ0v) is 14.5. The predicted octanol–water partition coefficient (Wildman–Crippen LogP) is 2.80. The van der Waals surface area contributed by atoms with E-state index in [9.17, 15) is 4.79 Å². The molecule has 1 atom stereocenters. The average Bonchev–Trinajstić information content (AvgIpc) is 3.00. The molecule has 0 spiro atoms. The topological polar surface area (TPSA) is 62.5 Å². The van der Waals surface area contributed by atoms with Gasteiger partial charge in [0.2, 0.25) is 5.95 Å². The maximum atomic E-state index is 12.5. The molecule has 0 radical (unpaired) electrons. The summed E-state index contributed by atoms with van der Waals surface area (Å²) in [5, 5.41) is 1.16. The summed E-state index contributed by atoms with van der Waals surface area (Å²) in [5.74, 6) is 0.647. The first-order valence-corrected chi connectivity index (χ1v) is 8.85.